The lowest BCUT2D eigenvalue weighted by molar-refractivity contribution is -0.134. The molecule has 1 aromatic carbocycles. The minimum absolute atomic E-state index is 0.224. The van der Waals surface area contributed by atoms with Crippen molar-refractivity contribution in [3.05, 3.63) is 60.2 Å². The number of amides is 3. The summed E-state index contributed by atoms with van der Waals surface area (Å²) in [6.07, 6.45) is 3.93. The number of hydrogen-bond donors (Lipinski definition) is 2. The molecule has 2 heterocycles. The third-order valence-electron chi connectivity index (χ3n) is 4.64. The molecule has 158 valence electrons. The number of nitrogens with zero attached hydrogens (tertiary/aromatic N) is 3. The maximum atomic E-state index is 12.5. The number of ether oxygens (including phenoxy) is 1. The molecule has 2 aromatic rings. The Morgan fingerprint density at radius 3 is 2.50 bits per heavy atom. The molecule has 0 radical (unpaired) electrons. The maximum Gasteiger partial charge on any atom is 0.253 e. The summed E-state index contributed by atoms with van der Waals surface area (Å²) < 4.78 is 5.26. The molecular formula is C21H25N5O4. The van der Waals surface area contributed by atoms with E-state index in [0.717, 1.165) is 11.3 Å². The van der Waals surface area contributed by atoms with Gasteiger partial charge in [-0.05, 0) is 5.56 Å². The highest BCUT2D eigenvalue weighted by Crippen LogP contribution is 2.22. The van der Waals surface area contributed by atoms with Gasteiger partial charge in [-0.3, -0.25) is 24.4 Å². The SMILES string of the molecule is CN(C)C(=O)[C@H](Cc1ccccc1)NC(=O)C1OC1C(=O)NCCc1cnccn1. The molecule has 1 saturated heterocycles. The topological polar surface area (TPSA) is 117 Å². The van der Waals surface area contributed by atoms with Crippen LogP contribution in [-0.4, -0.2) is 71.5 Å². The fourth-order valence-corrected chi connectivity index (χ4v) is 3.00. The van der Waals surface area contributed by atoms with Crippen LogP contribution < -0.4 is 10.6 Å². The van der Waals surface area contributed by atoms with Crippen molar-refractivity contribution in [1.29, 1.82) is 0 Å². The molecule has 1 aromatic heterocycles. The molecule has 1 aliphatic rings. The van der Waals surface area contributed by atoms with Crippen LogP contribution in [0.25, 0.3) is 0 Å². The first kappa shape index (κ1) is 21.4. The minimum Gasteiger partial charge on any atom is -0.353 e. The van der Waals surface area contributed by atoms with Gasteiger partial charge in [-0.2, -0.15) is 0 Å². The van der Waals surface area contributed by atoms with Crippen LogP contribution in [0.5, 0.6) is 0 Å². The van der Waals surface area contributed by atoms with Crippen molar-refractivity contribution >= 4 is 17.7 Å². The molecule has 0 saturated carbocycles. The number of aromatic nitrogens is 2. The zero-order valence-corrected chi connectivity index (χ0v) is 16.9. The molecule has 1 fully saturated rings. The maximum absolute atomic E-state index is 12.5. The normalized spacial score (nSPS) is 18.2. The summed E-state index contributed by atoms with van der Waals surface area (Å²) in [5.41, 5.74) is 1.68. The lowest BCUT2D eigenvalue weighted by Gasteiger charge is -2.21. The van der Waals surface area contributed by atoms with Crippen molar-refractivity contribution in [1.82, 2.24) is 25.5 Å². The number of rotatable bonds is 9. The number of benzene rings is 1. The Hall–Kier alpha value is -3.33. The lowest BCUT2D eigenvalue weighted by Crippen LogP contribution is -2.49. The van der Waals surface area contributed by atoms with Crippen molar-refractivity contribution in [3.8, 4) is 0 Å². The molecule has 2 unspecified atom stereocenters. The zero-order chi connectivity index (χ0) is 21.5. The van der Waals surface area contributed by atoms with E-state index in [-0.39, 0.29) is 11.8 Å². The smallest absolute Gasteiger partial charge is 0.253 e. The van der Waals surface area contributed by atoms with Crippen LogP contribution in [0.2, 0.25) is 0 Å². The predicted octanol–water partition coefficient (Wildman–Crippen LogP) is -0.282. The van der Waals surface area contributed by atoms with Crippen LogP contribution >= 0.6 is 0 Å². The summed E-state index contributed by atoms with van der Waals surface area (Å²) in [6, 6.07) is 8.68. The van der Waals surface area contributed by atoms with Crippen molar-refractivity contribution in [2.24, 2.45) is 0 Å². The molecule has 1 aliphatic heterocycles. The van der Waals surface area contributed by atoms with E-state index in [1.807, 2.05) is 30.3 Å². The Morgan fingerprint density at radius 1 is 1.10 bits per heavy atom. The van der Waals surface area contributed by atoms with Crippen LogP contribution in [-0.2, 0) is 32.0 Å². The quantitative estimate of drug-likeness (QED) is 0.548. The fraction of sp³-hybridized carbons (Fsp3) is 0.381. The molecule has 2 N–H and O–H groups in total. The van der Waals surface area contributed by atoms with Gasteiger partial charge in [0.2, 0.25) is 5.91 Å². The third kappa shape index (κ3) is 5.84. The van der Waals surface area contributed by atoms with Crippen LogP contribution in [0.4, 0.5) is 0 Å². The molecular weight excluding hydrogens is 386 g/mol. The van der Waals surface area contributed by atoms with Gasteiger partial charge < -0.3 is 20.3 Å². The van der Waals surface area contributed by atoms with Crippen molar-refractivity contribution in [3.63, 3.8) is 0 Å². The van der Waals surface area contributed by atoms with E-state index < -0.39 is 24.2 Å². The first-order valence-electron chi connectivity index (χ1n) is 9.69. The highest BCUT2D eigenvalue weighted by molar-refractivity contribution is 5.97. The van der Waals surface area contributed by atoms with Gasteiger partial charge in [0, 0.05) is 52.1 Å². The number of epoxide rings is 1. The number of hydrogen-bond acceptors (Lipinski definition) is 6. The van der Waals surface area contributed by atoms with E-state index in [9.17, 15) is 14.4 Å². The van der Waals surface area contributed by atoms with E-state index >= 15 is 0 Å². The van der Waals surface area contributed by atoms with Crippen LogP contribution in [0.15, 0.2) is 48.9 Å². The van der Waals surface area contributed by atoms with Gasteiger partial charge in [-0.15, -0.1) is 0 Å². The summed E-state index contributed by atoms with van der Waals surface area (Å²) in [4.78, 5) is 46.8. The van der Waals surface area contributed by atoms with Gasteiger partial charge in [-0.25, -0.2) is 0 Å². The second-order valence-electron chi connectivity index (χ2n) is 7.20. The van der Waals surface area contributed by atoms with E-state index in [4.69, 9.17) is 4.74 Å². The predicted molar refractivity (Wildman–Crippen MR) is 108 cm³/mol. The van der Waals surface area contributed by atoms with Crippen LogP contribution in [0.1, 0.15) is 11.3 Å². The molecule has 0 bridgehead atoms. The van der Waals surface area contributed by atoms with Gasteiger partial charge in [-0.1, -0.05) is 30.3 Å². The summed E-state index contributed by atoms with van der Waals surface area (Å²) in [7, 11) is 3.26. The number of likely N-dealkylation sites (N-methyl/N-ethyl adjacent to an activating group) is 1. The lowest BCUT2D eigenvalue weighted by atomic mass is 10.0. The average molecular weight is 411 g/mol. The Balaban J connectivity index is 1.50. The first-order valence-corrected chi connectivity index (χ1v) is 9.69. The molecule has 3 amide bonds. The van der Waals surface area contributed by atoms with E-state index in [0.29, 0.717) is 19.4 Å². The Morgan fingerprint density at radius 2 is 1.83 bits per heavy atom. The Kier molecular flexibility index (Phi) is 7.08. The number of carbonyl (C=O) groups excluding carboxylic acids is 3. The average Bonchev–Trinajstić information content (AvgIpc) is 3.55. The molecule has 0 aliphatic carbocycles. The van der Waals surface area contributed by atoms with Crippen molar-refractivity contribution < 1.29 is 19.1 Å². The summed E-state index contributed by atoms with van der Waals surface area (Å²) >= 11 is 0. The molecule has 3 atom stereocenters. The van der Waals surface area contributed by atoms with Crippen molar-refractivity contribution in [2.45, 2.75) is 31.1 Å². The largest absolute Gasteiger partial charge is 0.353 e. The highest BCUT2D eigenvalue weighted by Gasteiger charge is 2.50. The first-order chi connectivity index (χ1) is 14.5. The molecule has 9 heteroatoms. The van der Waals surface area contributed by atoms with Gasteiger partial charge in [0.15, 0.2) is 12.2 Å². The Labute approximate surface area is 174 Å². The molecule has 0 spiro atoms. The molecule has 3 rings (SSSR count). The minimum atomic E-state index is -0.894. The zero-order valence-electron chi connectivity index (χ0n) is 16.9. The summed E-state index contributed by atoms with van der Waals surface area (Å²) in [5.74, 6) is -1.06. The Bertz CT molecular complexity index is 875. The summed E-state index contributed by atoms with van der Waals surface area (Å²) in [6.45, 7) is 0.363. The second-order valence-corrected chi connectivity index (χ2v) is 7.20. The van der Waals surface area contributed by atoms with Gasteiger partial charge >= 0.3 is 0 Å². The number of nitrogens with one attached hydrogen (secondary N) is 2. The standard InChI is InChI=1S/C21H25N5O4/c1-26(2)21(29)16(12-14-6-4-3-5-7-14)25-20(28)18-17(30-18)19(27)24-9-8-15-13-22-10-11-23-15/h3-7,10-11,13,16-18H,8-9,12H2,1-2H3,(H,24,27)(H,25,28)/t16-,17?,18?/m0/s1. The van der Waals surface area contributed by atoms with E-state index in [1.54, 1.807) is 32.7 Å². The third-order valence-corrected chi connectivity index (χ3v) is 4.64. The van der Waals surface area contributed by atoms with E-state index in [2.05, 4.69) is 20.6 Å². The monoisotopic (exact) mass is 411 g/mol. The fourth-order valence-electron chi connectivity index (χ4n) is 3.00. The van der Waals surface area contributed by atoms with Gasteiger partial charge in [0.25, 0.3) is 11.8 Å². The highest BCUT2D eigenvalue weighted by atomic mass is 16.6. The molecule has 30 heavy (non-hydrogen) atoms. The van der Waals surface area contributed by atoms with Gasteiger partial charge in [0.05, 0.1) is 5.69 Å². The van der Waals surface area contributed by atoms with Crippen LogP contribution in [0.3, 0.4) is 0 Å². The van der Waals surface area contributed by atoms with Crippen molar-refractivity contribution in [2.75, 3.05) is 20.6 Å². The van der Waals surface area contributed by atoms with Gasteiger partial charge in [0.1, 0.15) is 6.04 Å². The summed E-state index contributed by atoms with van der Waals surface area (Å²) in [5, 5.41) is 5.45. The number of carbonyl (C=O) groups is 3. The second kappa shape index (κ2) is 9.93. The molecule has 9 nitrogen and oxygen atoms in total. The van der Waals surface area contributed by atoms with Crippen LogP contribution in [0, 0.1) is 0 Å². The van der Waals surface area contributed by atoms with E-state index in [1.165, 1.54) is 4.90 Å².